The fourth-order valence-corrected chi connectivity index (χ4v) is 2.24. The zero-order chi connectivity index (χ0) is 13.7. The molecule has 1 heterocycles. The third kappa shape index (κ3) is 3.22. The molecule has 4 nitrogen and oxygen atoms in total. The SMILES string of the molecule is COC(=O)C1CCCN1C(=O)C=Cc1ccccc1. The summed E-state index contributed by atoms with van der Waals surface area (Å²) < 4.78 is 4.72. The molecule has 1 aromatic carbocycles. The topological polar surface area (TPSA) is 46.6 Å². The number of methoxy groups -OCH3 is 1. The van der Waals surface area contributed by atoms with Crippen molar-refractivity contribution in [3.05, 3.63) is 42.0 Å². The lowest BCUT2D eigenvalue weighted by molar-refractivity contribution is -0.149. The average molecular weight is 259 g/mol. The number of amides is 1. The maximum absolute atomic E-state index is 12.1. The molecule has 1 amide bonds. The maximum Gasteiger partial charge on any atom is 0.328 e. The summed E-state index contributed by atoms with van der Waals surface area (Å²) in [7, 11) is 1.35. The molecule has 0 N–H and O–H groups in total. The maximum atomic E-state index is 12.1. The van der Waals surface area contributed by atoms with Crippen LogP contribution in [0.25, 0.3) is 6.08 Å². The van der Waals surface area contributed by atoms with E-state index in [0.29, 0.717) is 13.0 Å². The van der Waals surface area contributed by atoms with E-state index in [9.17, 15) is 9.59 Å². The van der Waals surface area contributed by atoms with Gasteiger partial charge in [-0.3, -0.25) is 4.79 Å². The van der Waals surface area contributed by atoms with Crippen LogP contribution in [0.5, 0.6) is 0 Å². The highest BCUT2D eigenvalue weighted by Gasteiger charge is 2.33. The molecule has 0 aromatic heterocycles. The standard InChI is InChI=1S/C15H17NO3/c1-19-15(18)13-8-5-11-16(13)14(17)10-9-12-6-3-2-4-7-12/h2-4,6-7,9-10,13H,5,8,11H2,1H3. The largest absolute Gasteiger partial charge is 0.467 e. The molecule has 19 heavy (non-hydrogen) atoms. The van der Waals surface area contributed by atoms with Crippen LogP contribution >= 0.6 is 0 Å². The Kier molecular flexibility index (Phi) is 4.34. The van der Waals surface area contributed by atoms with Crippen LogP contribution in [0.1, 0.15) is 18.4 Å². The molecule has 100 valence electrons. The van der Waals surface area contributed by atoms with Gasteiger partial charge >= 0.3 is 5.97 Å². The fraction of sp³-hybridized carbons (Fsp3) is 0.333. The van der Waals surface area contributed by atoms with Gasteiger partial charge in [-0.15, -0.1) is 0 Å². The normalized spacial score (nSPS) is 18.8. The van der Waals surface area contributed by atoms with E-state index in [1.807, 2.05) is 30.3 Å². The van der Waals surface area contributed by atoms with E-state index in [4.69, 9.17) is 4.74 Å². The summed E-state index contributed by atoms with van der Waals surface area (Å²) >= 11 is 0. The van der Waals surface area contributed by atoms with E-state index in [1.165, 1.54) is 13.2 Å². The van der Waals surface area contributed by atoms with Crippen LogP contribution in [0.4, 0.5) is 0 Å². The van der Waals surface area contributed by atoms with Crippen LogP contribution < -0.4 is 0 Å². The van der Waals surface area contributed by atoms with Crippen molar-refractivity contribution in [2.24, 2.45) is 0 Å². The number of carbonyl (C=O) groups is 2. The molecule has 1 aliphatic heterocycles. The van der Waals surface area contributed by atoms with E-state index in [1.54, 1.807) is 11.0 Å². The summed E-state index contributed by atoms with van der Waals surface area (Å²) in [6.07, 6.45) is 4.79. The summed E-state index contributed by atoms with van der Waals surface area (Å²) in [4.78, 5) is 25.2. The summed E-state index contributed by atoms with van der Waals surface area (Å²) in [5.74, 6) is -0.476. The molecule has 0 radical (unpaired) electrons. The van der Waals surface area contributed by atoms with Crippen LogP contribution in [-0.2, 0) is 14.3 Å². The monoisotopic (exact) mass is 259 g/mol. The number of rotatable bonds is 3. The zero-order valence-electron chi connectivity index (χ0n) is 10.9. The minimum absolute atomic E-state index is 0.142. The number of benzene rings is 1. The third-order valence-corrected chi connectivity index (χ3v) is 3.23. The lowest BCUT2D eigenvalue weighted by Crippen LogP contribution is -2.40. The quantitative estimate of drug-likeness (QED) is 0.615. The molecule has 4 heteroatoms. The number of carbonyl (C=O) groups excluding carboxylic acids is 2. The Bertz CT molecular complexity index is 481. The highest BCUT2D eigenvalue weighted by atomic mass is 16.5. The Hall–Kier alpha value is -2.10. The van der Waals surface area contributed by atoms with Gasteiger partial charge < -0.3 is 9.64 Å². The van der Waals surface area contributed by atoms with Crippen LogP contribution in [0.15, 0.2) is 36.4 Å². The van der Waals surface area contributed by atoms with E-state index in [-0.39, 0.29) is 11.9 Å². The Balaban J connectivity index is 2.03. The minimum Gasteiger partial charge on any atom is -0.467 e. The second kappa shape index (κ2) is 6.18. The molecular formula is C15H17NO3. The predicted octanol–water partition coefficient (Wildman–Crippen LogP) is 1.86. The summed E-state index contributed by atoms with van der Waals surface area (Å²) in [6.45, 7) is 0.609. The van der Waals surface area contributed by atoms with E-state index >= 15 is 0 Å². The Morgan fingerprint density at radius 3 is 2.74 bits per heavy atom. The van der Waals surface area contributed by atoms with Crippen molar-refractivity contribution in [3.8, 4) is 0 Å². The summed E-state index contributed by atoms with van der Waals surface area (Å²) in [6, 6.07) is 9.16. The number of esters is 1. The zero-order valence-corrected chi connectivity index (χ0v) is 10.9. The van der Waals surface area contributed by atoms with Crippen molar-refractivity contribution in [2.45, 2.75) is 18.9 Å². The van der Waals surface area contributed by atoms with E-state index < -0.39 is 6.04 Å². The van der Waals surface area contributed by atoms with Crippen LogP contribution in [0.2, 0.25) is 0 Å². The Labute approximate surface area is 112 Å². The highest BCUT2D eigenvalue weighted by molar-refractivity contribution is 5.95. The number of hydrogen-bond donors (Lipinski definition) is 0. The second-order valence-corrected chi connectivity index (χ2v) is 4.46. The minimum atomic E-state index is -0.432. The molecule has 0 aliphatic carbocycles. The fourth-order valence-electron chi connectivity index (χ4n) is 2.24. The molecule has 1 unspecified atom stereocenters. The molecule has 0 saturated carbocycles. The Morgan fingerprint density at radius 2 is 2.05 bits per heavy atom. The molecule has 0 bridgehead atoms. The van der Waals surface area contributed by atoms with Crippen molar-refractivity contribution >= 4 is 18.0 Å². The van der Waals surface area contributed by atoms with Crippen molar-refractivity contribution < 1.29 is 14.3 Å². The van der Waals surface area contributed by atoms with Gasteiger partial charge in [0.25, 0.3) is 0 Å². The van der Waals surface area contributed by atoms with Crippen molar-refractivity contribution in [2.75, 3.05) is 13.7 Å². The third-order valence-electron chi connectivity index (χ3n) is 3.23. The number of hydrogen-bond acceptors (Lipinski definition) is 3. The van der Waals surface area contributed by atoms with Gasteiger partial charge in [-0.2, -0.15) is 0 Å². The lowest BCUT2D eigenvalue weighted by Gasteiger charge is -2.20. The molecular weight excluding hydrogens is 242 g/mol. The van der Waals surface area contributed by atoms with E-state index in [0.717, 1.165) is 12.0 Å². The molecule has 1 aliphatic rings. The first-order chi connectivity index (χ1) is 9.22. The molecule has 1 saturated heterocycles. The lowest BCUT2D eigenvalue weighted by atomic mass is 10.2. The molecule has 2 rings (SSSR count). The molecule has 1 atom stereocenters. The molecule has 0 spiro atoms. The first-order valence-electron chi connectivity index (χ1n) is 6.34. The second-order valence-electron chi connectivity index (χ2n) is 4.46. The number of likely N-dealkylation sites (tertiary alicyclic amines) is 1. The smallest absolute Gasteiger partial charge is 0.328 e. The van der Waals surface area contributed by atoms with E-state index in [2.05, 4.69) is 0 Å². The van der Waals surface area contributed by atoms with Crippen molar-refractivity contribution in [3.63, 3.8) is 0 Å². The Morgan fingerprint density at radius 1 is 1.32 bits per heavy atom. The van der Waals surface area contributed by atoms with Gasteiger partial charge in [-0.1, -0.05) is 30.3 Å². The average Bonchev–Trinajstić information content (AvgIpc) is 2.94. The van der Waals surface area contributed by atoms with Crippen LogP contribution in [0, 0.1) is 0 Å². The van der Waals surface area contributed by atoms with Crippen LogP contribution in [-0.4, -0.2) is 36.5 Å². The van der Waals surface area contributed by atoms with Gasteiger partial charge in [-0.05, 0) is 24.5 Å². The van der Waals surface area contributed by atoms with Crippen molar-refractivity contribution in [1.29, 1.82) is 0 Å². The first-order valence-corrected chi connectivity index (χ1v) is 6.34. The van der Waals surface area contributed by atoms with Gasteiger partial charge in [0.15, 0.2) is 0 Å². The van der Waals surface area contributed by atoms with Gasteiger partial charge in [0.1, 0.15) is 6.04 Å². The molecule has 1 fully saturated rings. The number of nitrogens with zero attached hydrogens (tertiary/aromatic N) is 1. The predicted molar refractivity (Wildman–Crippen MR) is 72.2 cm³/mol. The van der Waals surface area contributed by atoms with Gasteiger partial charge in [-0.25, -0.2) is 4.79 Å². The molecule has 1 aromatic rings. The van der Waals surface area contributed by atoms with Gasteiger partial charge in [0.2, 0.25) is 5.91 Å². The van der Waals surface area contributed by atoms with Gasteiger partial charge in [0, 0.05) is 12.6 Å². The summed E-state index contributed by atoms with van der Waals surface area (Å²) in [5, 5.41) is 0. The number of ether oxygens (including phenoxy) is 1. The van der Waals surface area contributed by atoms with Gasteiger partial charge in [0.05, 0.1) is 7.11 Å². The van der Waals surface area contributed by atoms with Crippen LogP contribution in [0.3, 0.4) is 0 Å². The van der Waals surface area contributed by atoms with Crippen molar-refractivity contribution in [1.82, 2.24) is 4.90 Å². The summed E-state index contributed by atoms with van der Waals surface area (Å²) in [5.41, 5.74) is 0.963. The highest BCUT2D eigenvalue weighted by Crippen LogP contribution is 2.19. The first kappa shape index (κ1) is 13.3.